The summed E-state index contributed by atoms with van der Waals surface area (Å²) < 4.78 is 21.9. The van der Waals surface area contributed by atoms with Crippen LogP contribution in [0.25, 0.3) is 0 Å². The van der Waals surface area contributed by atoms with E-state index >= 15 is 0 Å². The maximum atomic E-state index is 11.0. The number of sulfone groups is 1. The molecule has 0 spiro atoms. The summed E-state index contributed by atoms with van der Waals surface area (Å²) in [7, 11) is -3.09. The smallest absolute Gasteiger partial charge is 0.153 e. The number of aliphatic hydroxyl groups excluding tert-OH is 1. The zero-order valence-electron chi connectivity index (χ0n) is 6.86. The molecule has 0 radical (unpaired) electrons. The number of ketones is 1. The highest BCUT2D eigenvalue weighted by Crippen LogP contribution is 2.22. The minimum atomic E-state index is -3.09. The van der Waals surface area contributed by atoms with E-state index in [2.05, 4.69) is 0 Å². The van der Waals surface area contributed by atoms with Gasteiger partial charge in [0.1, 0.15) is 5.78 Å². The third kappa shape index (κ3) is 2.28. The molecule has 1 rings (SSSR count). The summed E-state index contributed by atoms with van der Waals surface area (Å²) in [6, 6.07) is 0. The lowest BCUT2D eigenvalue weighted by molar-refractivity contribution is -0.118. The highest BCUT2D eigenvalue weighted by atomic mass is 32.2. The first kappa shape index (κ1) is 9.67. The molecule has 2 atom stereocenters. The number of rotatable bonds is 2. The lowest BCUT2D eigenvalue weighted by atomic mass is 10.0. The molecule has 2 unspecified atom stereocenters. The molecule has 1 heterocycles. The van der Waals surface area contributed by atoms with Gasteiger partial charge in [0.2, 0.25) is 0 Å². The molecule has 0 bridgehead atoms. The molecule has 5 heteroatoms. The number of hydrogen-bond donors (Lipinski definition) is 1. The van der Waals surface area contributed by atoms with Crippen LogP contribution in [0.3, 0.4) is 0 Å². The van der Waals surface area contributed by atoms with E-state index in [-0.39, 0.29) is 29.6 Å². The van der Waals surface area contributed by atoms with Crippen LogP contribution in [0.5, 0.6) is 0 Å². The van der Waals surface area contributed by atoms with Crippen LogP contribution in [-0.4, -0.2) is 36.9 Å². The first-order valence-electron chi connectivity index (χ1n) is 3.78. The van der Waals surface area contributed by atoms with Crippen molar-refractivity contribution in [3.63, 3.8) is 0 Å². The van der Waals surface area contributed by atoms with Crippen molar-refractivity contribution in [2.45, 2.75) is 19.4 Å². The van der Waals surface area contributed by atoms with Crippen molar-refractivity contribution in [1.82, 2.24) is 0 Å². The standard InChI is InChI=1S/C7H12O4S/c1-5(8)2-6-3-12(10,11)4-7(6)9/h6-7,9H,2-4H2,1H3. The van der Waals surface area contributed by atoms with Gasteiger partial charge < -0.3 is 9.90 Å². The average molecular weight is 192 g/mol. The van der Waals surface area contributed by atoms with E-state index in [9.17, 15) is 18.3 Å². The van der Waals surface area contributed by atoms with Crippen molar-refractivity contribution >= 4 is 15.6 Å². The molecule has 12 heavy (non-hydrogen) atoms. The fourth-order valence-electron chi connectivity index (χ4n) is 1.47. The van der Waals surface area contributed by atoms with Crippen LogP contribution in [0.2, 0.25) is 0 Å². The van der Waals surface area contributed by atoms with Gasteiger partial charge >= 0.3 is 0 Å². The Morgan fingerprint density at radius 3 is 2.42 bits per heavy atom. The number of carbonyl (C=O) groups excluding carboxylic acids is 1. The van der Waals surface area contributed by atoms with Crippen LogP contribution in [0.1, 0.15) is 13.3 Å². The molecule has 4 nitrogen and oxygen atoms in total. The quantitative estimate of drug-likeness (QED) is 0.632. The molecule has 0 amide bonds. The molecule has 70 valence electrons. The van der Waals surface area contributed by atoms with E-state index in [1.54, 1.807) is 0 Å². The highest BCUT2D eigenvalue weighted by Gasteiger charge is 2.36. The van der Waals surface area contributed by atoms with E-state index in [1.165, 1.54) is 6.92 Å². The van der Waals surface area contributed by atoms with Gasteiger partial charge in [-0.1, -0.05) is 0 Å². The van der Waals surface area contributed by atoms with Crippen LogP contribution in [0, 0.1) is 5.92 Å². The largest absolute Gasteiger partial charge is 0.392 e. The second-order valence-electron chi connectivity index (χ2n) is 3.31. The van der Waals surface area contributed by atoms with Gasteiger partial charge in [-0.15, -0.1) is 0 Å². The third-order valence-electron chi connectivity index (χ3n) is 1.99. The predicted octanol–water partition coefficient (Wildman–Crippen LogP) is -0.629. The monoisotopic (exact) mass is 192 g/mol. The van der Waals surface area contributed by atoms with Crippen molar-refractivity contribution in [2.24, 2.45) is 5.92 Å². The van der Waals surface area contributed by atoms with Crippen molar-refractivity contribution in [2.75, 3.05) is 11.5 Å². The molecule has 1 aliphatic rings. The van der Waals surface area contributed by atoms with Gasteiger partial charge in [-0.05, 0) is 6.92 Å². The first-order chi connectivity index (χ1) is 5.41. The van der Waals surface area contributed by atoms with E-state index in [4.69, 9.17) is 0 Å². The molecular formula is C7H12O4S. The fourth-order valence-corrected chi connectivity index (χ4v) is 3.39. The Balaban J connectivity index is 2.64. The Hall–Kier alpha value is -0.420. The number of aliphatic hydroxyl groups is 1. The van der Waals surface area contributed by atoms with E-state index in [1.807, 2.05) is 0 Å². The second kappa shape index (κ2) is 3.14. The van der Waals surface area contributed by atoms with Gasteiger partial charge in [0.15, 0.2) is 9.84 Å². The number of hydrogen-bond acceptors (Lipinski definition) is 4. The first-order valence-corrected chi connectivity index (χ1v) is 5.61. The molecule has 0 aromatic carbocycles. The van der Waals surface area contributed by atoms with Crippen LogP contribution in [0.15, 0.2) is 0 Å². The summed E-state index contributed by atoms with van der Waals surface area (Å²) in [5.41, 5.74) is 0. The summed E-state index contributed by atoms with van der Waals surface area (Å²) in [4.78, 5) is 10.7. The second-order valence-corrected chi connectivity index (χ2v) is 5.46. The van der Waals surface area contributed by atoms with Crippen LogP contribution in [0.4, 0.5) is 0 Å². The zero-order chi connectivity index (χ0) is 9.35. The number of carbonyl (C=O) groups is 1. The van der Waals surface area contributed by atoms with E-state index < -0.39 is 15.9 Å². The van der Waals surface area contributed by atoms with Gasteiger partial charge in [-0.2, -0.15) is 0 Å². The topological polar surface area (TPSA) is 71.4 Å². The van der Waals surface area contributed by atoms with E-state index in [0.717, 1.165) is 0 Å². The van der Waals surface area contributed by atoms with Crippen molar-refractivity contribution in [3.05, 3.63) is 0 Å². The Morgan fingerprint density at radius 1 is 1.50 bits per heavy atom. The Labute approximate surface area is 71.5 Å². The summed E-state index contributed by atoms with van der Waals surface area (Å²) in [6.45, 7) is 1.40. The lowest BCUT2D eigenvalue weighted by Gasteiger charge is -2.08. The molecule has 1 fully saturated rings. The fraction of sp³-hybridized carbons (Fsp3) is 0.857. The summed E-state index contributed by atoms with van der Waals surface area (Å²) in [5.74, 6) is -0.692. The molecule has 0 aliphatic carbocycles. The van der Waals surface area contributed by atoms with Gasteiger partial charge in [0, 0.05) is 12.3 Å². The van der Waals surface area contributed by atoms with Gasteiger partial charge in [-0.3, -0.25) is 0 Å². The van der Waals surface area contributed by atoms with Crippen molar-refractivity contribution < 1.29 is 18.3 Å². The highest BCUT2D eigenvalue weighted by molar-refractivity contribution is 7.91. The SMILES string of the molecule is CC(=O)CC1CS(=O)(=O)CC1O. The van der Waals surface area contributed by atoms with Crippen LogP contribution < -0.4 is 0 Å². The summed E-state index contributed by atoms with van der Waals surface area (Å²) in [5, 5.41) is 9.24. The molecule has 1 N–H and O–H groups in total. The van der Waals surface area contributed by atoms with Crippen LogP contribution >= 0.6 is 0 Å². The lowest BCUT2D eigenvalue weighted by Crippen LogP contribution is -2.19. The Kier molecular flexibility index (Phi) is 2.53. The summed E-state index contributed by atoms with van der Waals surface area (Å²) in [6.07, 6.45) is -0.681. The molecule has 0 aromatic rings. The Bertz CT molecular complexity index is 280. The van der Waals surface area contributed by atoms with Crippen molar-refractivity contribution in [3.8, 4) is 0 Å². The molecule has 1 saturated heterocycles. The maximum absolute atomic E-state index is 11.0. The maximum Gasteiger partial charge on any atom is 0.153 e. The third-order valence-corrected chi connectivity index (χ3v) is 3.77. The van der Waals surface area contributed by atoms with Gasteiger partial charge in [-0.25, -0.2) is 8.42 Å². The number of Topliss-reactive ketones (excluding diaryl/α,β-unsaturated/α-hetero) is 1. The summed E-state index contributed by atoms with van der Waals surface area (Å²) >= 11 is 0. The zero-order valence-corrected chi connectivity index (χ0v) is 7.67. The minimum Gasteiger partial charge on any atom is -0.392 e. The Morgan fingerprint density at radius 2 is 2.08 bits per heavy atom. The predicted molar refractivity (Wildman–Crippen MR) is 43.4 cm³/mol. The average Bonchev–Trinajstić information content (AvgIpc) is 2.03. The van der Waals surface area contributed by atoms with Crippen molar-refractivity contribution in [1.29, 1.82) is 0 Å². The molecule has 0 saturated carbocycles. The molecular weight excluding hydrogens is 180 g/mol. The van der Waals surface area contributed by atoms with Gasteiger partial charge in [0.05, 0.1) is 17.6 Å². The van der Waals surface area contributed by atoms with E-state index in [0.29, 0.717) is 0 Å². The molecule has 0 aromatic heterocycles. The minimum absolute atomic E-state index is 0.0479. The molecule has 1 aliphatic heterocycles. The van der Waals surface area contributed by atoms with Gasteiger partial charge in [0.25, 0.3) is 0 Å². The normalized spacial score (nSPS) is 33.5. The van der Waals surface area contributed by atoms with Crippen LogP contribution in [-0.2, 0) is 14.6 Å².